The van der Waals surface area contributed by atoms with Crippen LogP contribution in [0.15, 0.2) is 71.9 Å². The molecule has 0 aromatic rings. The zero-order valence-electron chi connectivity index (χ0n) is 18.9. The molecule has 160 valence electrons. The Kier molecular flexibility index (Phi) is 10.2. The molecule has 0 radical (unpaired) electrons. The third-order valence-corrected chi connectivity index (χ3v) is 5.52. The highest BCUT2D eigenvalue weighted by Crippen LogP contribution is 2.18. The first-order chi connectivity index (χ1) is 13.6. The van der Waals surface area contributed by atoms with Crippen LogP contribution in [-0.2, 0) is 0 Å². The highest BCUT2D eigenvalue weighted by molar-refractivity contribution is 5.94. The van der Waals surface area contributed by atoms with Gasteiger partial charge in [-0.25, -0.2) is 0 Å². The molecule has 4 nitrogen and oxygen atoms in total. The fraction of sp³-hybridized carbons (Fsp3) is 0.458. The van der Waals surface area contributed by atoms with Gasteiger partial charge in [-0.15, -0.1) is 0 Å². The number of nitrogens with one attached hydrogen (secondary N) is 2. The van der Waals surface area contributed by atoms with E-state index in [0.29, 0.717) is 11.7 Å². The zero-order valence-corrected chi connectivity index (χ0v) is 18.9. The molecule has 0 saturated heterocycles. The molecule has 0 spiro atoms. The molecule has 1 aliphatic rings. The first kappa shape index (κ1) is 24.5. The summed E-state index contributed by atoms with van der Waals surface area (Å²) >= 11 is 0. The second-order valence-electron chi connectivity index (χ2n) is 7.60. The second kappa shape index (κ2) is 12.1. The molecule has 0 aliphatic carbocycles. The maximum absolute atomic E-state index is 12.9. The van der Waals surface area contributed by atoms with Crippen molar-refractivity contribution in [3.05, 3.63) is 71.9 Å². The number of hydrogen-bond acceptors (Lipinski definition) is 3. The van der Waals surface area contributed by atoms with Crippen molar-refractivity contribution >= 4 is 5.71 Å². The first-order valence-electron chi connectivity index (χ1n) is 10.1. The van der Waals surface area contributed by atoms with E-state index in [0.717, 1.165) is 43.5 Å². The molecule has 1 heterocycles. The van der Waals surface area contributed by atoms with Crippen molar-refractivity contribution in [3.8, 4) is 0 Å². The van der Waals surface area contributed by atoms with Crippen LogP contribution in [-0.4, -0.2) is 42.6 Å². The molecule has 5 heteroatoms. The Labute approximate surface area is 176 Å². The van der Waals surface area contributed by atoms with Crippen molar-refractivity contribution < 1.29 is 9.06 Å². The fourth-order valence-corrected chi connectivity index (χ4v) is 2.97. The number of halogens is 1. The number of allylic oxidation sites excluding steroid dienone is 4. The molecule has 0 atom stereocenters. The van der Waals surface area contributed by atoms with Gasteiger partial charge in [0.05, 0.1) is 0 Å². The predicted octanol–water partition coefficient (Wildman–Crippen LogP) is 4.98. The Morgan fingerprint density at radius 1 is 1.21 bits per heavy atom. The Morgan fingerprint density at radius 2 is 1.90 bits per heavy atom. The largest absolute Gasteiger partial charge is 0.387 e. The van der Waals surface area contributed by atoms with Gasteiger partial charge in [0.15, 0.2) is 5.71 Å². The zero-order chi connectivity index (χ0) is 22.0. The second-order valence-corrected chi connectivity index (χ2v) is 7.60. The third kappa shape index (κ3) is 8.14. The Balaban J connectivity index is 2.66. The average Bonchev–Trinajstić information content (AvgIpc) is 2.99. The Morgan fingerprint density at radius 3 is 2.55 bits per heavy atom. The number of nitrogens with zero attached hydrogens (tertiary/aromatic N) is 2. The lowest BCUT2D eigenvalue weighted by Crippen LogP contribution is -2.23. The minimum absolute atomic E-state index is 0.271. The third-order valence-electron chi connectivity index (χ3n) is 5.52. The fourth-order valence-electron chi connectivity index (χ4n) is 2.97. The van der Waals surface area contributed by atoms with E-state index in [-0.39, 0.29) is 5.82 Å². The van der Waals surface area contributed by atoms with Crippen LogP contribution in [0.3, 0.4) is 0 Å². The van der Waals surface area contributed by atoms with E-state index < -0.39 is 0 Å². The van der Waals surface area contributed by atoms with Crippen LogP contribution >= 0.6 is 0 Å². The summed E-state index contributed by atoms with van der Waals surface area (Å²) in [6, 6.07) is 0. The van der Waals surface area contributed by atoms with Crippen molar-refractivity contribution in [1.82, 2.24) is 15.8 Å². The van der Waals surface area contributed by atoms with Crippen molar-refractivity contribution in [1.29, 1.82) is 0 Å². The molecule has 0 fully saturated rings. The van der Waals surface area contributed by atoms with Gasteiger partial charge in [0.2, 0.25) is 5.70 Å². The first-order valence-corrected chi connectivity index (χ1v) is 10.1. The molecule has 0 amide bonds. The standard InChI is InChI=1S/C24H38FN4/c1-18(14-16-27-23(6)29(8)25)12-13-19(2)20(3)21(4)28(7)22(5)24-11-9-10-15-26-17-24/h10-11,15,26-27H,1,5-6,9,12-14,16-17H2,2-4,7-8H3/q+1. The van der Waals surface area contributed by atoms with Crippen LogP contribution < -0.4 is 10.6 Å². The lowest BCUT2D eigenvalue weighted by Gasteiger charge is -2.14. The summed E-state index contributed by atoms with van der Waals surface area (Å²) in [5, 5.41) is 6.72. The van der Waals surface area contributed by atoms with E-state index in [1.807, 2.05) is 6.20 Å². The molecule has 0 aromatic heterocycles. The van der Waals surface area contributed by atoms with Crippen LogP contribution in [0, 0.1) is 0 Å². The molecule has 0 unspecified atom stereocenters. The number of likely N-dealkylation sites (N-methyl/N-ethyl adjacent to an activating group) is 1. The average molecular weight is 402 g/mol. The summed E-state index contributed by atoms with van der Waals surface area (Å²) in [6.45, 7) is 20.0. The molecule has 2 N–H and O–H groups in total. The molecule has 0 bridgehead atoms. The van der Waals surface area contributed by atoms with E-state index in [2.05, 4.69) is 74.9 Å². The summed E-state index contributed by atoms with van der Waals surface area (Å²) in [5.41, 5.74) is 7.24. The Bertz CT molecular complexity index is 751. The predicted molar refractivity (Wildman–Crippen MR) is 123 cm³/mol. The Hall–Kier alpha value is -2.56. The molecule has 1 rings (SSSR count). The van der Waals surface area contributed by atoms with Crippen molar-refractivity contribution in [3.63, 3.8) is 0 Å². The van der Waals surface area contributed by atoms with Gasteiger partial charge in [-0.3, -0.25) is 0 Å². The van der Waals surface area contributed by atoms with Gasteiger partial charge in [-0.2, -0.15) is 9.70 Å². The molecular formula is C24H38FN4+. The maximum atomic E-state index is 12.9. The maximum Gasteiger partial charge on any atom is 0.202 e. The van der Waals surface area contributed by atoms with Gasteiger partial charge in [-0.1, -0.05) is 40.9 Å². The highest BCUT2D eigenvalue weighted by atomic mass is 19.2. The van der Waals surface area contributed by atoms with Gasteiger partial charge < -0.3 is 10.6 Å². The summed E-state index contributed by atoms with van der Waals surface area (Å²) in [4.78, 5) is 0. The van der Waals surface area contributed by atoms with Gasteiger partial charge >= 0.3 is 0 Å². The summed E-state index contributed by atoms with van der Waals surface area (Å²) in [6.07, 6.45) is 9.93. The normalized spacial score (nSPS) is 15.3. The van der Waals surface area contributed by atoms with Gasteiger partial charge in [0.25, 0.3) is 0 Å². The lowest BCUT2D eigenvalue weighted by molar-refractivity contribution is -0.439. The molecule has 29 heavy (non-hydrogen) atoms. The molecule has 0 aromatic carbocycles. The van der Waals surface area contributed by atoms with Crippen LogP contribution in [0.5, 0.6) is 0 Å². The monoisotopic (exact) mass is 401 g/mol. The molecule has 1 aliphatic heterocycles. The van der Waals surface area contributed by atoms with Crippen molar-refractivity contribution in [2.75, 3.05) is 27.2 Å². The summed E-state index contributed by atoms with van der Waals surface area (Å²) in [7, 11) is 3.40. The SMILES string of the molecule is C=C(CCNC(=C)N(C)F)CCC(C)=C(C)C(C)=[N+](C)C(=C)C1=CCC=CNC1. The van der Waals surface area contributed by atoms with Gasteiger partial charge in [-0.05, 0) is 52.3 Å². The van der Waals surface area contributed by atoms with E-state index >= 15 is 0 Å². The van der Waals surface area contributed by atoms with E-state index in [1.165, 1.54) is 29.5 Å². The lowest BCUT2D eigenvalue weighted by atomic mass is 9.99. The summed E-state index contributed by atoms with van der Waals surface area (Å²) < 4.78 is 15.1. The smallest absolute Gasteiger partial charge is 0.202 e. The van der Waals surface area contributed by atoms with E-state index in [4.69, 9.17) is 0 Å². The topological polar surface area (TPSA) is 30.3 Å². The highest BCUT2D eigenvalue weighted by Gasteiger charge is 2.17. The van der Waals surface area contributed by atoms with E-state index in [1.54, 1.807) is 0 Å². The van der Waals surface area contributed by atoms with E-state index in [9.17, 15) is 4.48 Å². The van der Waals surface area contributed by atoms with Crippen LogP contribution in [0.4, 0.5) is 4.48 Å². The summed E-state index contributed by atoms with van der Waals surface area (Å²) in [5.74, 6) is 0.271. The van der Waals surface area contributed by atoms with Crippen molar-refractivity contribution in [2.45, 2.75) is 46.5 Å². The van der Waals surface area contributed by atoms with Crippen LogP contribution in [0.2, 0.25) is 0 Å². The molecular weight excluding hydrogens is 363 g/mol. The number of hydrogen-bond donors (Lipinski definition) is 2. The quantitative estimate of drug-likeness (QED) is 0.222. The minimum atomic E-state index is 0.271. The van der Waals surface area contributed by atoms with Gasteiger partial charge in [0.1, 0.15) is 12.9 Å². The number of rotatable bonds is 11. The van der Waals surface area contributed by atoms with Gasteiger partial charge in [0, 0.05) is 38.2 Å². The van der Waals surface area contributed by atoms with Crippen molar-refractivity contribution in [2.24, 2.45) is 0 Å². The van der Waals surface area contributed by atoms with Crippen LogP contribution in [0.1, 0.15) is 46.5 Å². The molecule has 0 saturated carbocycles. The minimum Gasteiger partial charge on any atom is -0.387 e. The van der Waals surface area contributed by atoms with Crippen LogP contribution in [0.25, 0.3) is 0 Å².